The van der Waals surface area contributed by atoms with Crippen molar-refractivity contribution in [2.24, 2.45) is 0 Å². The van der Waals surface area contributed by atoms with Crippen LogP contribution in [0, 0.1) is 0 Å². The molecule has 5 nitrogen and oxygen atoms in total. The second kappa shape index (κ2) is 6.84. The summed E-state index contributed by atoms with van der Waals surface area (Å²) in [6, 6.07) is 14.5. The number of likely N-dealkylation sites (N-methyl/N-ethyl adjacent to an activating group) is 1. The molecular formula is C18H16ClN3O2. The summed E-state index contributed by atoms with van der Waals surface area (Å²) in [6.45, 7) is 0.269. The lowest BCUT2D eigenvalue weighted by atomic mass is 10.2. The van der Waals surface area contributed by atoms with Crippen molar-refractivity contribution < 1.29 is 4.79 Å². The highest BCUT2D eigenvalue weighted by Crippen LogP contribution is 2.16. The molecule has 3 rings (SSSR count). The van der Waals surface area contributed by atoms with Crippen molar-refractivity contribution in [3.8, 4) is 0 Å². The molecule has 0 radical (unpaired) electrons. The van der Waals surface area contributed by atoms with Crippen molar-refractivity contribution in [3.05, 3.63) is 75.7 Å². The van der Waals surface area contributed by atoms with Crippen LogP contribution < -0.4 is 5.56 Å². The maximum Gasteiger partial charge on any atom is 0.275 e. The molecule has 1 amide bonds. The zero-order chi connectivity index (χ0) is 17.1. The molecule has 0 fully saturated rings. The first-order valence-electron chi connectivity index (χ1n) is 7.48. The van der Waals surface area contributed by atoms with Crippen LogP contribution in [0.15, 0.2) is 59.5 Å². The molecule has 1 heterocycles. The number of benzene rings is 2. The molecule has 0 unspecified atom stereocenters. The van der Waals surface area contributed by atoms with Gasteiger partial charge in [-0.1, -0.05) is 48.0 Å². The van der Waals surface area contributed by atoms with Crippen LogP contribution in [0.5, 0.6) is 0 Å². The van der Waals surface area contributed by atoms with E-state index >= 15 is 0 Å². The molecule has 24 heavy (non-hydrogen) atoms. The Morgan fingerprint density at radius 2 is 1.88 bits per heavy atom. The third kappa shape index (κ3) is 3.31. The average Bonchev–Trinajstić information content (AvgIpc) is 2.59. The number of hydrogen-bond acceptors (Lipinski definition) is 3. The van der Waals surface area contributed by atoms with Gasteiger partial charge in [0.15, 0.2) is 0 Å². The Morgan fingerprint density at radius 1 is 1.17 bits per heavy atom. The summed E-state index contributed by atoms with van der Waals surface area (Å²) in [5, 5.41) is 6.00. The fourth-order valence-corrected chi connectivity index (χ4v) is 2.65. The maximum absolute atomic E-state index is 12.4. The lowest BCUT2D eigenvalue weighted by Crippen LogP contribution is -2.34. The van der Waals surface area contributed by atoms with Crippen LogP contribution in [0.25, 0.3) is 10.8 Å². The van der Waals surface area contributed by atoms with Gasteiger partial charge in [-0.25, -0.2) is 4.68 Å². The number of halogens is 1. The Kier molecular flexibility index (Phi) is 4.62. The van der Waals surface area contributed by atoms with Crippen LogP contribution >= 0.6 is 11.6 Å². The van der Waals surface area contributed by atoms with Gasteiger partial charge in [0.2, 0.25) is 5.91 Å². The van der Waals surface area contributed by atoms with Crippen molar-refractivity contribution in [2.45, 2.75) is 13.1 Å². The van der Waals surface area contributed by atoms with E-state index in [1.165, 1.54) is 9.58 Å². The number of fused-ring (bicyclic) bond motifs is 1. The largest absolute Gasteiger partial charge is 0.340 e. The minimum absolute atomic E-state index is 0.107. The number of carbonyl (C=O) groups excluding carboxylic acids is 1. The molecular weight excluding hydrogens is 326 g/mol. The molecule has 0 aliphatic heterocycles. The first-order chi connectivity index (χ1) is 11.6. The molecule has 3 aromatic rings. The van der Waals surface area contributed by atoms with Crippen LogP contribution in [0.1, 0.15) is 5.56 Å². The van der Waals surface area contributed by atoms with Crippen molar-refractivity contribution in [3.63, 3.8) is 0 Å². The van der Waals surface area contributed by atoms with Crippen LogP contribution in [0.4, 0.5) is 0 Å². The molecule has 0 N–H and O–H groups in total. The van der Waals surface area contributed by atoms with E-state index in [0.717, 1.165) is 10.9 Å². The molecule has 2 aromatic carbocycles. The van der Waals surface area contributed by atoms with Crippen LogP contribution in [-0.2, 0) is 17.9 Å². The lowest BCUT2D eigenvalue weighted by molar-refractivity contribution is -0.131. The number of aromatic nitrogens is 2. The fourth-order valence-electron chi connectivity index (χ4n) is 2.46. The number of rotatable bonds is 4. The average molecular weight is 342 g/mol. The minimum Gasteiger partial charge on any atom is -0.340 e. The molecule has 6 heteroatoms. The summed E-state index contributed by atoms with van der Waals surface area (Å²) in [5.41, 5.74) is 0.585. The van der Waals surface area contributed by atoms with E-state index in [4.69, 9.17) is 11.6 Å². The molecule has 0 aliphatic rings. The van der Waals surface area contributed by atoms with Gasteiger partial charge in [-0.15, -0.1) is 0 Å². The minimum atomic E-state index is -0.271. The molecule has 1 aromatic heterocycles. The van der Waals surface area contributed by atoms with Gasteiger partial charge in [-0.3, -0.25) is 9.59 Å². The zero-order valence-electron chi connectivity index (χ0n) is 13.1. The first-order valence-corrected chi connectivity index (χ1v) is 7.86. The smallest absolute Gasteiger partial charge is 0.275 e. The molecule has 122 valence electrons. The van der Waals surface area contributed by atoms with Crippen LogP contribution in [-0.4, -0.2) is 27.6 Å². The van der Waals surface area contributed by atoms with Crippen molar-refractivity contribution in [2.75, 3.05) is 7.05 Å². The number of amides is 1. The molecule has 0 aliphatic carbocycles. The highest BCUT2D eigenvalue weighted by atomic mass is 35.5. The van der Waals surface area contributed by atoms with Crippen LogP contribution in [0.3, 0.4) is 0 Å². The van der Waals surface area contributed by atoms with Gasteiger partial charge in [-0.05, 0) is 17.7 Å². The standard InChI is InChI=1S/C18H16ClN3O2/c1-21(11-14-7-3-5-9-16(14)19)17(23)12-22-18(24)15-8-4-2-6-13(15)10-20-22/h2-10H,11-12H2,1H3. The Labute approximate surface area is 144 Å². The zero-order valence-corrected chi connectivity index (χ0v) is 13.9. The highest BCUT2D eigenvalue weighted by molar-refractivity contribution is 6.31. The molecule has 0 saturated heterocycles. The number of hydrogen-bond donors (Lipinski definition) is 0. The first kappa shape index (κ1) is 16.2. The Bertz CT molecular complexity index is 952. The highest BCUT2D eigenvalue weighted by Gasteiger charge is 2.14. The Balaban J connectivity index is 1.78. The molecule has 0 atom stereocenters. The number of nitrogens with zero attached hydrogens (tertiary/aromatic N) is 3. The predicted molar refractivity (Wildman–Crippen MR) is 93.9 cm³/mol. The molecule has 0 saturated carbocycles. The van der Waals surface area contributed by atoms with E-state index in [1.54, 1.807) is 31.4 Å². The van der Waals surface area contributed by atoms with Gasteiger partial charge in [0.05, 0.1) is 11.6 Å². The summed E-state index contributed by atoms with van der Waals surface area (Å²) in [7, 11) is 1.68. The molecule has 0 bridgehead atoms. The normalized spacial score (nSPS) is 10.8. The topological polar surface area (TPSA) is 55.2 Å². The van der Waals surface area contributed by atoms with Crippen molar-refractivity contribution in [1.82, 2.24) is 14.7 Å². The van der Waals surface area contributed by atoms with Crippen molar-refractivity contribution >= 4 is 28.3 Å². The summed E-state index contributed by atoms with van der Waals surface area (Å²) in [6.07, 6.45) is 1.60. The van der Waals surface area contributed by atoms with E-state index in [0.29, 0.717) is 17.0 Å². The summed E-state index contributed by atoms with van der Waals surface area (Å²) >= 11 is 6.12. The van der Waals surface area contributed by atoms with E-state index < -0.39 is 0 Å². The third-order valence-corrected chi connectivity index (χ3v) is 4.21. The van der Waals surface area contributed by atoms with E-state index in [-0.39, 0.29) is 18.0 Å². The predicted octanol–water partition coefficient (Wildman–Crippen LogP) is 2.71. The van der Waals surface area contributed by atoms with E-state index in [2.05, 4.69) is 5.10 Å². The second-order valence-corrected chi connectivity index (χ2v) is 5.94. The lowest BCUT2D eigenvalue weighted by Gasteiger charge is -2.18. The van der Waals surface area contributed by atoms with E-state index in [1.807, 2.05) is 30.3 Å². The maximum atomic E-state index is 12.4. The summed E-state index contributed by atoms with van der Waals surface area (Å²) < 4.78 is 1.19. The van der Waals surface area contributed by atoms with Gasteiger partial charge in [0, 0.05) is 24.0 Å². The van der Waals surface area contributed by atoms with Gasteiger partial charge in [0.1, 0.15) is 6.54 Å². The Hall–Kier alpha value is -2.66. The summed E-state index contributed by atoms with van der Waals surface area (Å²) in [4.78, 5) is 26.3. The number of carbonyl (C=O) groups is 1. The quantitative estimate of drug-likeness (QED) is 0.733. The van der Waals surface area contributed by atoms with Gasteiger partial charge < -0.3 is 4.90 Å². The summed E-state index contributed by atoms with van der Waals surface area (Å²) in [5.74, 6) is -0.209. The fraction of sp³-hybridized carbons (Fsp3) is 0.167. The SMILES string of the molecule is CN(Cc1ccccc1Cl)C(=O)Cn1ncc2ccccc2c1=O. The van der Waals surface area contributed by atoms with Crippen molar-refractivity contribution in [1.29, 1.82) is 0 Å². The van der Waals surface area contributed by atoms with Crippen LogP contribution in [0.2, 0.25) is 5.02 Å². The second-order valence-electron chi connectivity index (χ2n) is 5.54. The van der Waals surface area contributed by atoms with Gasteiger partial charge in [0.25, 0.3) is 5.56 Å². The van der Waals surface area contributed by atoms with Gasteiger partial charge in [-0.2, -0.15) is 5.10 Å². The van der Waals surface area contributed by atoms with E-state index in [9.17, 15) is 9.59 Å². The van der Waals surface area contributed by atoms with Gasteiger partial charge >= 0.3 is 0 Å². The molecule has 0 spiro atoms. The third-order valence-electron chi connectivity index (χ3n) is 3.84. The monoisotopic (exact) mass is 341 g/mol. The Morgan fingerprint density at radius 3 is 2.67 bits per heavy atom.